The summed E-state index contributed by atoms with van der Waals surface area (Å²) in [4.78, 5) is 27.3. The van der Waals surface area contributed by atoms with Gasteiger partial charge in [0.2, 0.25) is 5.56 Å². The van der Waals surface area contributed by atoms with E-state index in [1.54, 1.807) is 19.2 Å². The number of benzene rings is 1. The molecule has 1 aromatic heterocycles. The number of hydrogen-bond donors (Lipinski definition) is 1. The lowest BCUT2D eigenvalue weighted by Crippen LogP contribution is -2.32. The third-order valence-corrected chi connectivity index (χ3v) is 3.06. The van der Waals surface area contributed by atoms with Crippen molar-refractivity contribution < 1.29 is 9.53 Å². The zero-order valence-corrected chi connectivity index (χ0v) is 12.1. The number of aryl methyl sites for hydroxylation is 1. The molecule has 0 aliphatic carbocycles. The minimum Gasteiger partial charge on any atom is -0.492 e. The molecule has 2 aromatic rings. The Morgan fingerprint density at radius 3 is 2.57 bits per heavy atom. The first-order chi connectivity index (χ1) is 10.1. The summed E-state index contributed by atoms with van der Waals surface area (Å²) in [6, 6.07) is 12.2. The van der Waals surface area contributed by atoms with E-state index in [0.29, 0.717) is 13.2 Å². The van der Waals surface area contributed by atoms with Crippen LogP contribution < -0.4 is 10.3 Å². The lowest BCUT2D eigenvalue weighted by atomic mass is 10.2. The van der Waals surface area contributed by atoms with Crippen molar-refractivity contribution in [3.8, 4) is 5.75 Å². The van der Waals surface area contributed by atoms with Gasteiger partial charge >= 0.3 is 0 Å². The fourth-order valence-electron chi connectivity index (χ4n) is 1.81. The zero-order valence-electron chi connectivity index (χ0n) is 12.1. The number of aromatic amines is 1. The second-order valence-electron chi connectivity index (χ2n) is 4.82. The highest BCUT2D eigenvalue weighted by molar-refractivity contribution is 5.91. The number of hydrogen-bond acceptors (Lipinski definition) is 3. The summed E-state index contributed by atoms with van der Waals surface area (Å²) in [5, 5.41) is 0. The van der Waals surface area contributed by atoms with Crippen molar-refractivity contribution in [2.45, 2.75) is 6.92 Å². The van der Waals surface area contributed by atoms with Crippen molar-refractivity contribution in [2.24, 2.45) is 0 Å². The SMILES string of the molecule is Cc1ccc(OCCN(C)C(=O)c2cccc(=O)[nH]2)cc1. The number of carbonyl (C=O) groups excluding carboxylic acids is 1. The number of nitrogens with zero attached hydrogens (tertiary/aromatic N) is 1. The fourth-order valence-corrected chi connectivity index (χ4v) is 1.81. The highest BCUT2D eigenvalue weighted by Crippen LogP contribution is 2.11. The maximum Gasteiger partial charge on any atom is 0.270 e. The van der Waals surface area contributed by atoms with Crippen LogP contribution in [0.3, 0.4) is 0 Å². The van der Waals surface area contributed by atoms with E-state index in [0.717, 1.165) is 5.75 Å². The summed E-state index contributed by atoms with van der Waals surface area (Å²) >= 11 is 0. The lowest BCUT2D eigenvalue weighted by molar-refractivity contribution is 0.0767. The van der Waals surface area contributed by atoms with Crippen LogP contribution in [-0.4, -0.2) is 36.0 Å². The van der Waals surface area contributed by atoms with Gasteiger partial charge in [-0.2, -0.15) is 0 Å². The second-order valence-corrected chi connectivity index (χ2v) is 4.82. The summed E-state index contributed by atoms with van der Waals surface area (Å²) < 4.78 is 5.58. The molecule has 0 aliphatic heterocycles. The molecule has 1 N–H and O–H groups in total. The average molecular weight is 286 g/mol. The van der Waals surface area contributed by atoms with E-state index >= 15 is 0 Å². The summed E-state index contributed by atoms with van der Waals surface area (Å²) in [7, 11) is 1.67. The number of likely N-dealkylation sites (N-methyl/N-ethyl adjacent to an activating group) is 1. The molecule has 21 heavy (non-hydrogen) atoms. The molecule has 5 heteroatoms. The number of ether oxygens (including phenoxy) is 1. The van der Waals surface area contributed by atoms with Crippen molar-refractivity contribution in [3.05, 3.63) is 64.1 Å². The van der Waals surface area contributed by atoms with Gasteiger partial charge in [-0.25, -0.2) is 0 Å². The molecule has 0 saturated carbocycles. The third-order valence-electron chi connectivity index (χ3n) is 3.06. The second kappa shape index (κ2) is 6.74. The van der Waals surface area contributed by atoms with E-state index in [4.69, 9.17) is 4.74 Å². The Labute approximate surface area is 123 Å². The van der Waals surface area contributed by atoms with Crippen molar-refractivity contribution in [1.29, 1.82) is 0 Å². The van der Waals surface area contributed by atoms with Crippen LogP contribution in [0, 0.1) is 6.92 Å². The van der Waals surface area contributed by atoms with Gasteiger partial charge in [-0.15, -0.1) is 0 Å². The Morgan fingerprint density at radius 2 is 1.90 bits per heavy atom. The van der Waals surface area contributed by atoms with Gasteiger partial charge in [-0.1, -0.05) is 23.8 Å². The smallest absolute Gasteiger partial charge is 0.270 e. The van der Waals surface area contributed by atoms with Gasteiger partial charge in [-0.05, 0) is 25.1 Å². The van der Waals surface area contributed by atoms with Crippen LogP contribution in [-0.2, 0) is 0 Å². The quantitative estimate of drug-likeness (QED) is 0.912. The van der Waals surface area contributed by atoms with E-state index in [-0.39, 0.29) is 17.2 Å². The predicted molar refractivity (Wildman–Crippen MR) is 80.7 cm³/mol. The van der Waals surface area contributed by atoms with E-state index in [2.05, 4.69) is 4.98 Å². The molecular formula is C16H18N2O3. The molecule has 5 nitrogen and oxygen atoms in total. The Balaban J connectivity index is 1.86. The number of H-pyrrole nitrogens is 1. The summed E-state index contributed by atoms with van der Waals surface area (Å²) in [6.07, 6.45) is 0. The van der Waals surface area contributed by atoms with Gasteiger partial charge in [0.15, 0.2) is 0 Å². The molecule has 1 heterocycles. The molecule has 0 atom stereocenters. The van der Waals surface area contributed by atoms with E-state index < -0.39 is 0 Å². The molecule has 0 radical (unpaired) electrons. The van der Waals surface area contributed by atoms with Crippen molar-refractivity contribution in [2.75, 3.05) is 20.2 Å². The third kappa shape index (κ3) is 4.21. The number of pyridine rings is 1. The average Bonchev–Trinajstić information content (AvgIpc) is 2.48. The van der Waals surface area contributed by atoms with Crippen LogP contribution in [0.4, 0.5) is 0 Å². The Bertz CT molecular complexity index is 662. The topological polar surface area (TPSA) is 62.4 Å². The first-order valence-corrected chi connectivity index (χ1v) is 6.70. The molecule has 1 amide bonds. The lowest BCUT2D eigenvalue weighted by Gasteiger charge is -2.17. The normalized spacial score (nSPS) is 10.2. The highest BCUT2D eigenvalue weighted by atomic mass is 16.5. The van der Waals surface area contributed by atoms with Gasteiger partial charge < -0.3 is 14.6 Å². The van der Waals surface area contributed by atoms with Gasteiger partial charge in [0, 0.05) is 13.1 Å². The molecule has 0 bridgehead atoms. The maximum atomic E-state index is 12.1. The number of rotatable bonds is 5. The molecule has 2 rings (SSSR count). The first kappa shape index (κ1) is 14.8. The Morgan fingerprint density at radius 1 is 1.19 bits per heavy atom. The fraction of sp³-hybridized carbons (Fsp3) is 0.250. The molecule has 0 fully saturated rings. The van der Waals surface area contributed by atoms with Gasteiger partial charge in [0.05, 0.1) is 6.54 Å². The van der Waals surface area contributed by atoms with Crippen LogP contribution >= 0.6 is 0 Å². The van der Waals surface area contributed by atoms with Crippen LogP contribution in [0.15, 0.2) is 47.3 Å². The molecule has 0 spiro atoms. The molecule has 0 saturated heterocycles. The standard InChI is InChI=1S/C16H18N2O3/c1-12-6-8-13(9-7-12)21-11-10-18(2)16(20)14-4-3-5-15(19)17-14/h3-9H,10-11H2,1-2H3,(H,17,19). The first-order valence-electron chi connectivity index (χ1n) is 6.70. The van der Waals surface area contributed by atoms with Crippen molar-refractivity contribution in [3.63, 3.8) is 0 Å². The largest absolute Gasteiger partial charge is 0.492 e. The van der Waals surface area contributed by atoms with E-state index in [1.165, 1.54) is 16.5 Å². The Hall–Kier alpha value is -2.56. The van der Waals surface area contributed by atoms with Crippen molar-refractivity contribution in [1.82, 2.24) is 9.88 Å². The number of aromatic nitrogens is 1. The minimum atomic E-state index is -0.287. The summed E-state index contributed by atoms with van der Waals surface area (Å²) in [5.74, 6) is 0.537. The zero-order chi connectivity index (χ0) is 15.2. The van der Waals surface area contributed by atoms with E-state index in [1.807, 2.05) is 31.2 Å². The van der Waals surface area contributed by atoms with Crippen LogP contribution in [0.25, 0.3) is 0 Å². The van der Waals surface area contributed by atoms with Gasteiger partial charge in [0.1, 0.15) is 18.1 Å². The molecule has 1 aromatic carbocycles. The van der Waals surface area contributed by atoms with Crippen molar-refractivity contribution >= 4 is 5.91 Å². The number of amides is 1. The van der Waals surface area contributed by atoms with Crippen LogP contribution in [0.2, 0.25) is 0 Å². The Kier molecular flexibility index (Phi) is 4.77. The molecule has 0 aliphatic rings. The van der Waals surface area contributed by atoms with Crippen LogP contribution in [0.1, 0.15) is 16.1 Å². The predicted octanol–water partition coefficient (Wildman–Crippen LogP) is 1.83. The van der Waals surface area contributed by atoms with E-state index in [9.17, 15) is 9.59 Å². The highest BCUT2D eigenvalue weighted by Gasteiger charge is 2.12. The monoisotopic (exact) mass is 286 g/mol. The van der Waals surface area contributed by atoms with Gasteiger partial charge in [-0.3, -0.25) is 9.59 Å². The minimum absolute atomic E-state index is 0.236. The molecule has 0 unspecified atom stereocenters. The number of nitrogens with one attached hydrogen (secondary N) is 1. The van der Waals surface area contributed by atoms with Gasteiger partial charge in [0.25, 0.3) is 5.91 Å². The van der Waals surface area contributed by atoms with Crippen LogP contribution in [0.5, 0.6) is 5.75 Å². The number of carbonyl (C=O) groups is 1. The summed E-state index contributed by atoms with van der Waals surface area (Å²) in [6.45, 7) is 2.84. The molecular weight excluding hydrogens is 268 g/mol. The maximum absolute atomic E-state index is 12.1. The molecule has 110 valence electrons. The summed E-state index contributed by atoms with van der Waals surface area (Å²) in [5.41, 5.74) is 1.16.